The maximum atomic E-state index is 12.4. The number of fused-ring (bicyclic) bond motifs is 1. The topological polar surface area (TPSA) is 53.1 Å². The zero-order chi connectivity index (χ0) is 19.3. The molecule has 5 rings (SSSR count). The third-order valence-electron chi connectivity index (χ3n) is 7.13. The Kier molecular flexibility index (Phi) is 4.34. The van der Waals surface area contributed by atoms with Crippen LogP contribution in [0.4, 0.5) is 10.5 Å². The van der Waals surface area contributed by atoms with Crippen molar-refractivity contribution in [2.24, 2.45) is 5.92 Å². The average molecular weight is 383 g/mol. The molecule has 6 nitrogen and oxygen atoms in total. The quantitative estimate of drug-likeness (QED) is 0.802. The molecule has 3 atom stereocenters. The van der Waals surface area contributed by atoms with Crippen LogP contribution in [0.2, 0.25) is 0 Å². The van der Waals surface area contributed by atoms with Gasteiger partial charge in [-0.3, -0.25) is 14.6 Å². The Bertz CT molecular complexity index is 774. The van der Waals surface area contributed by atoms with E-state index in [0.29, 0.717) is 12.5 Å². The summed E-state index contributed by atoms with van der Waals surface area (Å²) < 4.78 is 5.63. The summed E-state index contributed by atoms with van der Waals surface area (Å²) >= 11 is 0. The molecule has 3 aliphatic heterocycles. The second kappa shape index (κ2) is 6.76. The molecular weight excluding hydrogens is 354 g/mol. The smallest absolute Gasteiger partial charge is 0.414 e. The van der Waals surface area contributed by atoms with E-state index in [1.807, 2.05) is 17.0 Å². The highest BCUT2D eigenvalue weighted by molar-refractivity contribution is 5.89. The molecule has 3 saturated heterocycles. The maximum Gasteiger partial charge on any atom is 0.414 e. The Morgan fingerprint density at radius 1 is 1.14 bits per heavy atom. The lowest BCUT2D eigenvalue weighted by molar-refractivity contribution is -0.128. The van der Waals surface area contributed by atoms with Crippen molar-refractivity contribution >= 4 is 17.7 Å². The minimum atomic E-state index is -0.235. The minimum Gasteiger partial charge on any atom is -0.443 e. The van der Waals surface area contributed by atoms with Gasteiger partial charge < -0.3 is 9.64 Å². The molecule has 1 aliphatic carbocycles. The van der Waals surface area contributed by atoms with Crippen LogP contribution in [0.5, 0.6) is 0 Å². The Hall–Kier alpha value is -2.08. The number of carbonyl (C=O) groups is 2. The SMILES string of the molecule is CC(=O)N1CC2CC2(c2ccc(N3C[C@H](CN4CCCCC4)OC3=O)cc2)C1. The molecule has 6 heteroatoms. The van der Waals surface area contributed by atoms with Crippen LogP contribution in [-0.4, -0.2) is 67.2 Å². The van der Waals surface area contributed by atoms with Gasteiger partial charge in [0.15, 0.2) is 0 Å². The molecular formula is C22H29N3O3. The summed E-state index contributed by atoms with van der Waals surface area (Å²) in [6.45, 7) is 7.06. The molecule has 28 heavy (non-hydrogen) atoms. The second-order valence-electron chi connectivity index (χ2n) is 8.98. The predicted molar refractivity (Wildman–Crippen MR) is 106 cm³/mol. The van der Waals surface area contributed by atoms with E-state index < -0.39 is 0 Å². The van der Waals surface area contributed by atoms with Gasteiger partial charge in [-0.1, -0.05) is 18.6 Å². The molecule has 1 aromatic carbocycles. The van der Waals surface area contributed by atoms with Crippen LogP contribution in [0, 0.1) is 5.92 Å². The first-order valence-corrected chi connectivity index (χ1v) is 10.6. The van der Waals surface area contributed by atoms with Crippen LogP contribution < -0.4 is 4.90 Å². The van der Waals surface area contributed by atoms with E-state index in [1.165, 1.54) is 31.2 Å². The highest BCUT2D eigenvalue weighted by Gasteiger charge is 2.61. The summed E-state index contributed by atoms with van der Waals surface area (Å²) in [6, 6.07) is 8.37. The summed E-state index contributed by atoms with van der Waals surface area (Å²) in [5.74, 6) is 0.760. The standard InChI is InChI=1S/C22H29N3O3/c1-16(26)24-12-18-11-22(18,15-24)17-5-7-19(8-6-17)25-14-20(28-21(25)27)13-23-9-3-2-4-10-23/h5-8,18,20H,2-4,9-15H2,1H3/t18?,20-,22?/m0/s1. The zero-order valence-corrected chi connectivity index (χ0v) is 16.6. The van der Waals surface area contributed by atoms with Crippen molar-refractivity contribution in [3.05, 3.63) is 29.8 Å². The van der Waals surface area contributed by atoms with E-state index in [4.69, 9.17) is 4.74 Å². The molecule has 4 aliphatic rings. The first-order chi connectivity index (χ1) is 13.5. The van der Waals surface area contributed by atoms with Gasteiger partial charge in [0.2, 0.25) is 5.91 Å². The van der Waals surface area contributed by atoms with Crippen molar-refractivity contribution in [1.82, 2.24) is 9.80 Å². The summed E-state index contributed by atoms with van der Waals surface area (Å²) in [7, 11) is 0. The van der Waals surface area contributed by atoms with E-state index in [9.17, 15) is 9.59 Å². The molecule has 3 heterocycles. The number of amides is 2. The summed E-state index contributed by atoms with van der Waals surface area (Å²) in [5, 5.41) is 0. The molecule has 4 fully saturated rings. The van der Waals surface area contributed by atoms with Gasteiger partial charge in [0, 0.05) is 37.7 Å². The number of ether oxygens (including phenoxy) is 1. The van der Waals surface area contributed by atoms with Crippen molar-refractivity contribution in [1.29, 1.82) is 0 Å². The third-order valence-corrected chi connectivity index (χ3v) is 7.13. The number of likely N-dealkylation sites (tertiary alicyclic amines) is 2. The number of benzene rings is 1. The Morgan fingerprint density at radius 2 is 1.89 bits per heavy atom. The van der Waals surface area contributed by atoms with Gasteiger partial charge in [0.25, 0.3) is 0 Å². The van der Waals surface area contributed by atoms with Gasteiger partial charge in [-0.05, 0) is 56.0 Å². The van der Waals surface area contributed by atoms with Crippen LogP contribution >= 0.6 is 0 Å². The van der Waals surface area contributed by atoms with Crippen LogP contribution in [0.3, 0.4) is 0 Å². The van der Waals surface area contributed by atoms with Crippen LogP contribution in [0.25, 0.3) is 0 Å². The second-order valence-corrected chi connectivity index (χ2v) is 8.98. The van der Waals surface area contributed by atoms with Crippen molar-refractivity contribution in [3.8, 4) is 0 Å². The van der Waals surface area contributed by atoms with Gasteiger partial charge >= 0.3 is 6.09 Å². The Morgan fingerprint density at radius 3 is 2.57 bits per heavy atom. The predicted octanol–water partition coefficient (Wildman–Crippen LogP) is 2.62. The molecule has 2 amide bonds. The zero-order valence-electron chi connectivity index (χ0n) is 16.6. The normalized spacial score (nSPS) is 32.4. The lowest BCUT2D eigenvalue weighted by Gasteiger charge is -2.27. The average Bonchev–Trinajstić information content (AvgIpc) is 3.07. The summed E-state index contributed by atoms with van der Waals surface area (Å²) in [6.07, 6.45) is 4.69. The van der Waals surface area contributed by atoms with E-state index in [2.05, 4.69) is 17.0 Å². The molecule has 0 bridgehead atoms. The molecule has 1 saturated carbocycles. The molecule has 150 valence electrons. The molecule has 0 spiro atoms. The van der Waals surface area contributed by atoms with Crippen molar-refractivity contribution in [3.63, 3.8) is 0 Å². The van der Waals surface area contributed by atoms with Gasteiger partial charge in [-0.2, -0.15) is 0 Å². The monoisotopic (exact) mass is 383 g/mol. The van der Waals surface area contributed by atoms with E-state index in [1.54, 1.807) is 11.8 Å². The van der Waals surface area contributed by atoms with Crippen molar-refractivity contribution in [2.75, 3.05) is 44.2 Å². The third kappa shape index (κ3) is 3.08. The Balaban J connectivity index is 1.24. The van der Waals surface area contributed by atoms with E-state index >= 15 is 0 Å². The molecule has 2 unspecified atom stereocenters. The first-order valence-electron chi connectivity index (χ1n) is 10.6. The van der Waals surface area contributed by atoms with Crippen LogP contribution in [0.1, 0.15) is 38.2 Å². The lowest BCUT2D eigenvalue weighted by Crippen LogP contribution is -2.38. The van der Waals surface area contributed by atoms with Gasteiger partial charge in [-0.15, -0.1) is 0 Å². The van der Waals surface area contributed by atoms with E-state index in [0.717, 1.165) is 38.4 Å². The highest BCUT2D eigenvalue weighted by atomic mass is 16.6. The number of piperidine rings is 2. The number of hydrogen-bond donors (Lipinski definition) is 0. The fourth-order valence-electron chi connectivity index (χ4n) is 5.40. The first kappa shape index (κ1) is 18.0. The molecule has 0 N–H and O–H groups in total. The molecule has 0 aromatic heterocycles. The van der Waals surface area contributed by atoms with Crippen LogP contribution in [-0.2, 0) is 14.9 Å². The number of anilines is 1. The lowest BCUT2D eigenvalue weighted by atomic mass is 9.94. The fourth-order valence-corrected chi connectivity index (χ4v) is 5.40. The van der Waals surface area contributed by atoms with Crippen LogP contribution in [0.15, 0.2) is 24.3 Å². The number of nitrogens with zero attached hydrogens (tertiary/aromatic N) is 3. The van der Waals surface area contributed by atoms with Gasteiger partial charge in [-0.25, -0.2) is 4.79 Å². The van der Waals surface area contributed by atoms with Gasteiger partial charge in [0.1, 0.15) is 6.10 Å². The molecule has 1 aromatic rings. The minimum absolute atomic E-state index is 0.0457. The Labute approximate surface area is 166 Å². The summed E-state index contributed by atoms with van der Waals surface area (Å²) in [4.78, 5) is 30.2. The number of cyclic esters (lactones) is 1. The number of carbonyl (C=O) groups excluding carboxylic acids is 2. The van der Waals surface area contributed by atoms with Gasteiger partial charge in [0.05, 0.1) is 6.54 Å². The number of hydrogen-bond acceptors (Lipinski definition) is 4. The highest BCUT2D eigenvalue weighted by Crippen LogP contribution is 2.59. The maximum absolute atomic E-state index is 12.4. The summed E-state index contributed by atoms with van der Waals surface area (Å²) in [5.41, 5.74) is 2.35. The van der Waals surface area contributed by atoms with Crippen molar-refractivity contribution < 1.29 is 14.3 Å². The molecule has 0 radical (unpaired) electrons. The van der Waals surface area contributed by atoms with Crippen molar-refractivity contribution in [2.45, 2.75) is 44.1 Å². The fraction of sp³-hybridized carbons (Fsp3) is 0.636. The largest absolute Gasteiger partial charge is 0.443 e. The van der Waals surface area contributed by atoms with E-state index in [-0.39, 0.29) is 23.5 Å². The number of rotatable bonds is 4.